The van der Waals surface area contributed by atoms with Crippen LogP contribution >= 0.6 is 24.0 Å². The normalized spacial score (nSPS) is 11.4. The molecule has 0 saturated carbocycles. The Bertz CT molecular complexity index is 630. The van der Waals surface area contributed by atoms with Gasteiger partial charge in [-0.3, -0.25) is 9.79 Å². The summed E-state index contributed by atoms with van der Waals surface area (Å²) in [6, 6.07) is 6.08. The number of nitrogens with zero attached hydrogens (tertiary/aromatic N) is 1. The molecule has 0 unspecified atom stereocenters. The van der Waals surface area contributed by atoms with E-state index in [1.165, 1.54) is 0 Å². The summed E-state index contributed by atoms with van der Waals surface area (Å²) < 4.78 is 11.2. The smallest absolute Gasteiger partial charge is 0.239 e. The van der Waals surface area contributed by atoms with Crippen LogP contribution < -0.4 is 20.7 Å². The number of amides is 1. The van der Waals surface area contributed by atoms with Crippen LogP contribution in [-0.2, 0) is 16.1 Å². The second-order valence-corrected chi connectivity index (χ2v) is 7.23. The first-order chi connectivity index (χ1) is 12.7. The number of carbonyl (C=O) groups excluding carboxylic acids is 1. The van der Waals surface area contributed by atoms with E-state index in [1.54, 1.807) is 7.05 Å². The van der Waals surface area contributed by atoms with E-state index in [4.69, 9.17) is 9.47 Å². The van der Waals surface area contributed by atoms with Crippen LogP contribution in [0.5, 0.6) is 5.75 Å². The van der Waals surface area contributed by atoms with Gasteiger partial charge in [0, 0.05) is 31.3 Å². The van der Waals surface area contributed by atoms with Gasteiger partial charge in [-0.05, 0) is 46.2 Å². The van der Waals surface area contributed by atoms with Gasteiger partial charge in [-0.15, -0.1) is 24.0 Å². The van der Waals surface area contributed by atoms with Gasteiger partial charge >= 0.3 is 0 Å². The maximum atomic E-state index is 11.9. The number of rotatable bonds is 9. The molecule has 1 aromatic carbocycles. The molecule has 0 aliphatic rings. The number of benzene rings is 1. The second kappa shape index (κ2) is 13.6. The van der Waals surface area contributed by atoms with Crippen molar-refractivity contribution in [3.63, 3.8) is 0 Å². The van der Waals surface area contributed by atoms with Crippen molar-refractivity contribution in [1.29, 1.82) is 0 Å². The summed E-state index contributed by atoms with van der Waals surface area (Å²) >= 11 is 0. The van der Waals surface area contributed by atoms with E-state index in [2.05, 4.69) is 20.9 Å². The number of halogens is 1. The van der Waals surface area contributed by atoms with Crippen molar-refractivity contribution in [2.24, 2.45) is 4.99 Å². The van der Waals surface area contributed by atoms with E-state index < -0.39 is 0 Å². The Labute approximate surface area is 186 Å². The topological polar surface area (TPSA) is 84.0 Å². The summed E-state index contributed by atoms with van der Waals surface area (Å²) in [7, 11) is 1.67. The first kappa shape index (κ1) is 26.4. The highest BCUT2D eigenvalue weighted by Crippen LogP contribution is 2.20. The Balaban J connectivity index is 0.00000729. The molecule has 0 saturated heterocycles. The van der Waals surface area contributed by atoms with Crippen LogP contribution in [0, 0.1) is 6.92 Å². The molecule has 0 aromatic heterocycles. The summed E-state index contributed by atoms with van der Waals surface area (Å²) in [5, 5.41) is 9.14. The standard InChI is InChI=1S/C20H34N4O3.HI/c1-7-26-10-11-27-17-12-15(2)8-9-16(17)13-22-19(21-6)23-14-18(25)24-20(3,4)5;/h8-9,12H,7,10-11,13-14H2,1-6H3,(H,24,25)(H2,21,22,23);1H. The molecule has 1 amide bonds. The molecule has 0 bridgehead atoms. The molecule has 8 heteroatoms. The summed E-state index contributed by atoms with van der Waals surface area (Å²) in [6.45, 7) is 12.3. The van der Waals surface area contributed by atoms with E-state index in [-0.39, 0.29) is 42.0 Å². The van der Waals surface area contributed by atoms with Gasteiger partial charge in [0.05, 0.1) is 13.2 Å². The van der Waals surface area contributed by atoms with E-state index >= 15 is 0 Å². The highest BCUT2D eigenvalue weighted by molar-refractivity contribution is 14.0. The fourth-order valence-electron chi connectivity index (χ4n) is 2.32. The number of carbonyl (C=O) groups is 1. The van der Waals surface area contributed by atoms with Crippen molar-refractivity contribution in [2.45, 2.75) is 46.7 Å². The minimum absolute atomic E-state index is 0. The van der Waals surface area contributed by atoms with Crippen LogP contribution in [-0.4, -0.2) is 50.8 Å². The zero-order valence-electron chi connectivity index (χ0n) is 17.8. The third-order valence-electron chi connectivity index (χ3n) is 3.51. The van der Waals surface area contributed by atoms with Crippen LogP contribution in [0.3, 0.4) is 0 Å². The van der Waals surface area contributed by atoms with Gasteiger partial charge < -0.3 is 25.4 Å². The van der Waals surface area contributed by atoms with Crippen molar-refractivity contribution in [1.82, 2.24) is 16.0 Å². The lowest BCUT2D eigenvalue weighted by molar-refractivity contribution is -0.121. The molecule has 160 valence electrons. The number of guanidine groups is 1. The monoisotopic (exact) mass is 506 g/mol. The van der Waals surface area contributed by atoms with Gasteiger partial charge in [-0.2, -0.15) is 0 Å². The molecule has 0 aliphatic carbocycles. The number of nitrogens with one attached hydrogen (secondary N) is 3. The largest absolute Gasteiger partial charge is 0.491 e. The molecule has 3 N–H and O–H groups in total. The SMILES string of the molecule is CCOCCOc1cc(C)ccc1CNC(=NC)NCC(=O)NC(C)(C)C.I. The minimum Gasteiger partial charge on any atom is -0.491 e. The summed E-state index contributed by atoms with van der Waals surface area (Å²) in [6.07, 6.45) is 0. The van der Waals surface area contributed by atoms with E-state index in [0.29, 0.717) is 32.3 Å². The van der Waals surface area contributed by atoms with Gasteiger partial charge in [0.15, 0.2) is 5.96 Å². The Morgan fingerprint density at radius 2 is 1.89 bits per heavy atom. The maximum absolute atomic E-state index is 11.9. The Morgan fingerprint density at radius 1 is 1.18 bits per heavy atom. The van der Waals surface area contributed by atoms with Gasteiger partial charge in [-0.25, -0.2) is 0 Å². The first-order valence-electron chi connectivity index (χ1n) is 9.30. The molecule has 1 aromatic rings. The van der Waals surface area contributed by atoms with Crippen molar-refractivity contribution in [2.75, 3.05) is 33.4 Å². The summed E-state index contributed by atoms with van der Waals surface area (Å²) in [5.41, 5.74) is 1.89. The number of aryl methyl sites for hydroxylation is 1. The van der Waals surface area contributed by atoms with Crippen molar-refractivity contribution >= 4 is 35.8 Å². The van der Waals surface area contributed by atoms with Crippen molar-refractivity contribution in [3.05, 3.63) is 29.3 Å². The van der Waals surface area contributed by atoms with Crippen LogP contribution in [0.25, 0.3) is 0 Å². The van der Waals surface area contributed by atoms with Gasteiger partial charge in [0.25, 0.3) is 0 Å². The molecular weight excluding hydrogens is 471 g/mol. The average Bonchev–Trinajstić information content (AvgIpc) is 2.58. The average molecular weight is 506 g/mol. The van der Waals surface area contributed by atoms with Crippen molar-refractivity contribution < 1.29 is 14.3 Å². The molecule has 1 rings (SSSR count). The summed E-state index contributed by atoms with van der Waals surface area (Å²) in [4.78, 5) is 16.1. The lowest BCUT2D eigenvalue weighted by atomic mass is 10.1. The lowest BCUT2D eigenvalue weighted by Gasteiger charge is -2.21. The third kappa shape index (κ3) is 11.3. The minimum atomic E-state index is -0.259. The number of hydrogen-bond acceptors (Lipinski definition) is 4. The van der Waals surface area contributed by atoms with E-state index in [1.807, 2.05) is 52.8 Å². The molecule has 0 spiro atoms. The molecule has 28 heavy (non-hydrogen) atoms. The Hall–Kier alpha value is -1.55. The van der Waals surface area contributed by atoms with E-state index in [9.17, 15) is 4.79 Å². The molecule has 0 fully saturated rings. The highest BCUT2D eigenvalue weighted by Gasteiger charge is 2.14. The first-order valence-corrected chi connectivity index (χ1v) is 9.30. The Kier molecular flexibility index (Phi) is 12.8. The number of aliphatic imine (C=N–C) groups is 1. The highest BCUT2D eigenvalue weighted by atomic mass is 127. The van der Waals surface area contributed by atoms with Crippen LogP contribution in [0.15, 0.2) is 23.2 Å². The zero-order chi connectivity index (χ0) is 20.3. The molecule has 0 heterocycles. The molecule has 7 nitrogen and oxygen atoms in total. The molecule has 0 aliphatic heterocycles. The second-order valence-electron chi connectivity index (χ2n) is 7.23. The molecule has 0 atom stereocenters. The van der Waals surface area contributed by atoms with Crippen LogP contribution in [0.1, 0.15) is 38.8 Å². The van der Waals surface area contributed by atoms with E-state index in [0.717, 1.165) is 16.9 Å². The predicted octanol–water partition coefficient (Wildman–Crippen LogP) is 2.61. The number of ether oxygens (including phenoxy) is 2. The van der Waals surface area contributed by atoms with Gasteiger partial charge in [0.1, 0.15) is 12.4 Å². The lowest BCUT2D eigenvalue weighted by Crippen LogP contribution is -2.48. The predicted molar refractivity (Wildman–Crippen MR) is 125 cm³/mol. The fraction of sp³-hybridized carbons (Fsp3) is 0.600. The van der Waals surface area contributed by atoms with Crippen LogP contribution in [0.4, 0.5) is 0 Å². The van der Waals surface area contributed by atoms with Crippen molar-refractivity contribution in [3.8, 4) is 5.75 Å². The van der Waals surface area contributed by atoms with Gasteiger partial charge in [-0.1, -0.05) is 12.1 Å². The molecular formula is C20H35IN4O3. The quantitative estimate of drug-likeness (QED) is 0.208. The zero-order valence-corrected chi connectivity index (χ0v) is 20.2. The Morgan fingerprint density at radius 3 is 2.50 bits per heavy atom. The maximum Gasteiger partial charge on any atom is 0.239 e. The van der Waals surface area contributed by atoms with Gasteiger partial charge in [0.2, 0.25) is 5.91 Å². The summed E-state index contributed by atoms with van der Waals surface area (Å²) in [5.74, 6) is 1.30. The molecule has 0 radical (unpaired) electrons. The van der Waals surface area contributed by atoms with Crippen LogP contribution in [0.2, 0.25) is 0 Å². The fourth-order valence-corrected chi connectivity index (χ4v) is 2.32. The third-order valence-corrected chi connectivity index (χ3v) is 3.51. The number of hydrogen-bond donors (Lipinski definition) is 3.